The van der Waals surface area contributed by atoms with E-state index < -0.39 is 0 Å². The molecular formula is C11H24N2O. The molecule has 84 valence electrons. The first-order valence-corrected chi connectivity index (χ1v) is 5.82. The first-order valence-electron chi connectivity index (χ1n) is 5.82. The molecule has 0 heterocycles. The van der Waals surface area contributed by atoms with E-state index in [1.807, 2.05) is 6.92 Å². The summed E-state index contributed by atoms with van der Waals surface area (Å²) in [7, 11) is 0. The van der Waals surface area contributed by atoms with Gasteiger partial charge < -0.3 is 10.8 Å². The van der Waals surface area contributed by atoms with Gasteiger partial charge in [0.2, 0.25) is 0 Å². The third-order valence-corrected chi connectivity index (χ3v) is 3.38. The molecule has 0 spiro atoms. The highest BCUT2D eigenvalue weighted by atomic mass is 16.3. The van der Waals surface area contributed by atoms with Crippen molar-refractivity contribution in [1.29, 1.82) is 0 Å². The summed E-state index contributed by atoms with van der Waals surface area (Å²) in [5, 5.41) is 9.34. The maximum absolute atomic E-state index is 9.34. The maximum Gasteiger partial charge on any atom is 0.0601 e. The van der Waals surface area contributed by atoms with E-state index in [1.54, 1.807) is 0 Å². The summed E-state index contributed by atoms with van der Waals surface area (Å²) in [5.74, 6) is 0. The predicted octanol–water partition coefficient (Wildman–Crippen LogP) is 0.959. The summed E-state index contributed by atoms with van der Waals surface area (Å²) in [5.41, 5.74) is 5.89. The van der Waals surface area contributed by atoms with Crippen molar-refractivity contribution in [1.82, 2.24) is 4.90 Å². The smallest absolute Gasteiger partial charge is 0.0601 e. The van der Waals surface area contributed by atoms with Gasteiger partial charge in [-0.05, 0) is 26.3 Å². The first-order chi connectivity index (χ1) is 6.70. The van der Waals surface area contributed by atoms with Gasteiger partial charge in [0.15, 0.2) is 0 Å². The fourth-order valence-corrected chi connectivity index (χ4v) is 2.57. The van der Waals surface area contributed by atoms with Crippen LogP contribution in [0.2, 0.25) is 0 Å². The molecule has 0 saturated heterocycles. The number of hydrogen-bond acceptors (Lipinski definition) is 3. The van der Waals surface area contributed by atoms with Gasteiger partial charge in [-0.2, -0.15) is 0 Å². The lowest BCUT2D eigenvalue weighted by Crippen LogP contribution is -2.52. The Balaban J connectivity index is 2.57. The van der Waals surface area contributed by atoms with Gasteiger partial charge in [0, 0.05) is 18.1 Å². The lowest BCUT2D eigenvalue weighted by molar-refractivity contribution is 0.0765. The SMILES string of the molecule is CCN(C1CCCC1)C(CO)C(C)N. The normalized spacial score (nSPS) is 22.9. The average Bonchev–Trinajstić information content (AvgIpc) is 2.65. The van der Waals surface area contributed by atoms with E-state index in [0.717, 1.165) is 6.54 Å². The standard InChI is InChI=1S/C11H24N2O/c1-3-13(10-6-4-5-7-10)11(8-14)9(2)12/h9-11,14H,3-8,12H2,1-2H3. The van der Waals surface area contributed by atoms with Crippen molar-refractivity contribution >= 4 is 0 Å². The topological polar surface area (TPSA) is 49.5 Å². The van der Waals surface area contributed by atoms with Crippen molar-refractivity contribution in [2.24, 2.45) is 5.73 Å². The Morgan fingerprint density at radius 3 is 2.36 bits per heavy atom. The number of hydrogen-bond donors (Lipinski definition) is 2. The van der Waals surface area contributed by atoms with Crippen LogP contribution in [0.5, 0.6) is 0 Å². The fourth-order valence-electron chi connectivity index (χ4n) is 2.57. The number of aliphatic hydroxyl groups excluding tert-OH is 1. The van der Waals surface area contributed by atoms with Crippen LogP contribution < -0.4 is 5.73 Å². The van der Waals surface area contributed by atoms with E-state index in [1.165, 1.54) is 25.7 Å². The molecule has 1 aliphatic carbocycles. The molecule has 0 aromatic heterocycles. The Morgan fingerprint density at radius 2 is 2.00 bits per heavy atom. The molecule has 0 aromatic carbocycles. The summed E-state index contributed by atoms with van der Waals surface area (Å²) >= 11 is 0. The van der Waals surface area contributed by atoms with E-state index >= 15 is 0 Å². The molecule has 1 aliphatic rings. The Bertz CT molecular complexity index is 155. The van der Waals surface area contributed by atoms with Crippen LogP contribution in [-0.4, -0.2) is 41.3 Å². The molecule has 14 heavy (non-hydrogen) atoms. The van der Waals surface area contributed by atoms with Gasteiger partial charge >= 0.3 is 0 Å². The maximum atomic E-state index is 9.34. The monoisotopic (exact) mass is 200 g/mol. The van der Waals surface area contributed by atoms with Crippen LogP contribution in [-0.2, 0) is 0 Å². The van der Waals surface area contributed by atoms with Crippen molar-refractivity contribution < 1.29 is 5.11 Å². The van der Waals surface area contributed by atoms with Gasteiger partial charge in [-0.25, -0.2) is 0 Å². The van der Waals surface area contributed by atoms with Gasteiger partial charge in [0.05, 0.1) is 6.61 Å². The molecule has 3 N–H and O–H groups in total. The number of rotatable bonds is 5. The van der Waals surface area contributed by atoms with E-state index in [9.17, 15) is 5.11 Å². The van der Waals surface area contributed by atoms with Crippen LogP contribution >= 0.6 is 0 Å². The van der Waals surface area contributed by atoms with Gasteiger partial charge in [0.1, 0.15) is 0 Å². The van der Waals surface area contributed by atoms with Crippen molar-refractivity contribution in [3.8, 4) is 0 Å². The average molecular weight is 200 g/mol. The van der Waals surface area contributed by atoms with Crippen LogP contribution in [0.3, 0.4) is 0 Å². The molecule has 0 radical (unpaired) electrons. The van der Waals surface area contributed by atoms with Crippen LogP contribution in [0.25, 0.3) is 0 Å². The lowest BCUT2D eigenvalue weighted by Gasteiger charge is -2.36. The Hall–Kier alpha value is -0.120. The molecule has 2 unspecified atom stereocenters. The second-order valence-corrected chi connectivity index (χ2v) is 4.38. The van der Waals surface area contributed by atoms with Crippen molar-refractivity contribution in [3.63, 3.8) is 0 Å². The summed E-state index contributed by atoms with van der Waals surface area (Å²) in [6, 6.07) is 0.854. The zero-order chi connectivity index (χ0) is 10.6. The predicted molar refractivity (Wildman–Crippen MR) is 59.2 cm³/mol. The Morgan fingerprint density at radius 1 is 1.43 bits per heavy atom. The molecule has 0 aliphatic heterocycles. The van der Waals surface area contributed by atoms with E-state index in [2.05, 4.69) is 11.8 Å². The Kier molecular flexibility index (Phi) is 4.85. The van der Waals surface area contributed by atoms with Crippen LogP contribution in [0, 0.1) is 0 Å². The van der Waals surface area contributed by atoms with Gasteiger partial charge in [-0.3, -0.25) is 4.90 Å². The van der Waals surface area contributed by atoms with Gasteiger partial charge in [0.25, 0.3) is 0 Å². The molecule has 1 rings (SSSR count). The van der Waals surface area contributed by atoms with Crippen molar-refractivity contribution in [2.45, 2.75) is 57.7 Å². The van der Waals surface area contributed by atoms with Crippen LogP contribution in [0.15, 0.2) is 0 Å². The third-order valence-electron chi connectivity index (χ3n) is 3.38. The Labute approximate surface area is 87.3 Å². The van der Waals surface area contributed by atoms with Crippen molar-refractivity contribution in [2.75, 3.05) is 13.2 Å². The first kappa shape index (κ1) is 12.0. The largest absolute Gasteiger partial charge is 0.395 e. The highest BCUT2D eigenvalue weighted by Crippen LogP contribution is 2.25. The number of aliphatic hydroxyl groups is 1. The zero-order valence-corrected chi connectivity index (χ0v) is 9.45. The lowest BCUT2D eigenvalue weighted by atomic mass is 10.1. The minimum absolute atomic E-state index is 0.0561. The molecule has 0 aromatic rings. The molecule has 3 nitrogen and oxygen atoms in total. The number of nitrogens with two attached hydrogens (primary N) is 1. The van der Waals surface area contributed by atoms with Crippen LogP contribution in [0.4, 0.5) is 0 Å². The summed E-state index contributed by atoms with van der Waals surface area (Å²) in [6.45, 7) is 5.32. The zero-order valence-electron chi connectivity index (χ0n) is 9.45. The fraction of sp³-hybridized carbons (Fsp3) is 1.00. The quantitative estimate of drug-likeness (QED) is 0.695. The molecule has 0 bridgehead atoms. The van der Waals surface area contributed by atoms with Gasteiger partial charge in [-0.15, -0.1) is 0 Å². The van der Waals surface area contributed by atoms with Crippen molar-refractivity contribution in [3.05, 3.63) is 0 Å². The third kappa shape index (κ3) is 2.69. The number of nitrogens with zero attached hydrogens (tertiary/aromatic N) is 1. The summed E-state index contributed by atoms with van der Waals surface area (Å²) in [4.78, 5) is 2.39. The highest BCUT2D eigenvalue weighted by Gasteiger charge is 2.28. The molecule has 2 atom stereocenters. The molecule has 1 fully saturated rings. The second-order valence-electron chi connectivity index (χ2n) is 4.38. The minimum atomic E-state index is 0.0561. The summed E-state index contributed by atoms with van der Waals surface area (Å²) in [6.07, 6.45) is 5.21. The molecule has 0 amide bonds. The van der Waals surface area contributed by atoms with Gasteiger partial charge in [-0.1, -0.05) is 19.8 Å². The summed E-state index contributed by atoms with van der Waals surface area (Å²) < 4.78 is 0. The molecule has 1 saturated carbocycles. The number of likely N-dealkylation sites (N-methyl/N-ethyl adjacent to an activating group) is 1. The van der Waals surface area contributed by atoms with Crippen LogP contribution in [0.1, 0.15) is 39.5 Å². The van der Waals surface area contributed by atoms with E-state index in [4.69, 9.17) is 5.73 Å². The second kappa shape index (κ2) is 5.69. The van der Waals surface area contributed by atoms with E-state index in [-0.39, 0.29) is 18.7 Å². The molecule has 3 heteroatoms. The van der Waals surface area contributed by atoms with E-state index in [0.29, 0.717) is 6.04 Å². The minimum Gasteiger partial charge on any atom is -0.395 e. The highest BCUT2D eigenvalue weighted by molar-refractivity contribution is 4.85. The molecular weight excluding hydrogens is 176 g/mol.